The van der Waals surface area contributed by atoms with Crippen LogP contribution in [0, 0.1) is 0 Å². The van der Waals surface area contributed by atoms with E-state index >= 15 is 0 Å². The normalized spacial score (nSPS) is 7.38. The summed E-state index contributed by atoms with van der Waals surface area (Å²) in [6.07, 6.45) is 0. The second-order valence-electron chi connectivity index (χ2n) is 0.513. The Balaban J connectivity index is -0.0000000267. The van der Waals surface area contributed by atoms with Crippen molar-refractivity contribution in [2.24, 2.45) is 0 Å². The third-order valence-corrected chi connectivity index (χ3v) is 0. The summed E-state index contributed by atoms with van der Waals surface area (Å²) < 4.78 is 8.88. The summed E-state index contributed by atoms with van der Waals surface area (Å²) in [5.74, 6) is 0. The molecule has 0 aliphatic heterocycles. The average Bonchev–Trinajstić information content (AvgIpc) is 0.722. The minimum absolute atomic E-state index is 0. The zero-order valence-corrected chi connectivity index (χ0v) is 7.17. The van der Waals surface area contributed by atoms with Crippen LogP contribution in [0.1, 0.15) is 0 Å². The predicted molar refractivity (Wildman–Crippen MR) is 23.9 cm³/mol. The summed E-state index contributed by atoms with van der Waals surface area (Å²) in [5.41, 5.74) is 0. The average molecular weight is 207 g/mol. The molecule has 0 bridgehead atoms. The Bertz CT molecular complexity index is 62.2. The van der Waals surface area contributed by atoms with Crippen LogP contribution in [0.3, 0.4) is 0 Å². The Hall–Kier alpha value is 1.66. The maximum Gasteiger partial charge on any atom is 0 e. The molecule has 8 heavy (non-hydrogen) atoms. The zero-order chi connectivity index (χ0) is 4.50. The van der Waals surface area contributed by atoms with Crippen molar-refractivity contribution in [2.75, 3.05) is 0 Å². The van der Waals surface area contributed by atoms with Gasteiger partial charge in [-0.1, -0.05) is 0 Å². The first kappa shape index (κ1) is 22.6. The fourth-order valence-corrected chi connectivity index (χ4v) is 0. The van der Waals surface area contributed by atoms with Crippen molar-refractivity contribution in [3.63, 3.8) is 0 Å². The molecule has 0 saturated carbocycles. The van der Waals surface area contributed by atoms with E-state index in [1.165, 1.54) is 0 Å². The summed E-state index contributed by atoms with van der Waals surface area (Å²) in [4.78, 5) is 21.6. The van der Waals surface area contributed by atoms with Crippen molar-refractivity contribution in [2.45, 2.75) is 0 Å². The molecule has 0 spiro atoms. The number of halogens is 1. The Morgan fingerprint density at radius 1 is 1.12 bits per heavy atom. The fourth-order valence-electron chi connectivity index (χ4n) is 0. The number of hydrogen-bond acceptors (Lipinski definition) is 1. The molecule has 0 heterocycles. The van der Waals surface area contributed by atoms with Gasteiger partial charge in [-0.3, -0.25) is 4.70 Å². The van der Waals surface area contributed by atoms with Crippen LogP contribution in [0.15, 0.2) is 0 Å². The number of phosphoric acid groups is 1. The molecule has 0 aromatic carbocycles. The van der Waals surface area contributed by atoms with Crippen LogP contribution in [-0.2, 0) is 24.0 Å². The summed E-state index contributed by atoms with van der Waals surface area (Å²) in [6.45, 7) is 0. The Morgan fingerprint density at radius 3 is 1.12 bits per heavy atom. The van der Waals surface area contributed by atoms with E-state index in [1.54, 1.807) is 0 Å². The third kappa shape index (κ3) is 123. The maximum absolute atomic E-state index is 8.88. The molecule has 0 saturated heterocycles. The molecule has 4 nitrogen and oxygen atoms in total. The predicted octanol–water partition coefficient (Wildman–Crippen LogP) is -1.43. The van der Waals surface area contributed by atoms with Crippen molar-refractivity contribution in [1.29, 1.82) is 0 Å². The minimum Gasteiger partial charge on any atom is 0 e. The maximum atomic E-state index is 8.88. The molecule has 0 aliphatic carbocycles. The topological polar surface area (TPSA) is 77.8 Å². The van der Waals surface area contributed by atoms with Gasteiger partial charge in [0.2, 0.25) is 0 Å². The van der Waals surface area contributed by atoms with Gasteiger partial charge in [0, 0.05) is 19.5 Å². The fraction of sp³-hybridized carbons (Fsp3) is 0. The zero-order valence-electron chi connectivity index (χ0n) is 3.31. The third-order valence-electron chi connectivity index (χ3n) is 0. The quantitative estimate of drug-likeness (QED) is 0.336. The van der Waals surface area contributed by atoms with Crippen LogP contribution < -0.4 is 0 Å². The molecular weight excluding hydrogens is 202 g/mol. The van der Waals surface area contributed by atoms with E-state index in [4.69, 9.17) is 19.2 Å². The van der Waals surface area contributed by atoms with Crippen molar-refractivity contribution < 1.29 is 43.4 Å². The van der Waals surface area contributed by atoms with Gasteiger partial charge in [-0.25, -0.2) is 4.57 Å². The SMILES string of the molecule is F.O=P(O)(O)O.[NaH].[Zn]. The van der Waals surface area contributed by atoms with Gasteiger partial charge in [-0.05, 0) is 0 Å². The Morgan fingerprint density at radius 2 is 1.12 bits per heavy atom. The van der Waals surface area contributed by atoms with Crippen LogP contribution in [0.25, 0.3) is 0 Å². The number of hydrogen-bond donors (Lipinski definition) is 3. The standard InChI is InChI=1S/FH.Na.H3O4P.Zn.H/c;;1-5(2,3)4;;/h1H;;(H3,1,2,3,4);;. The molecule has 3 N–H and O–H groups in total. The van der Waals surface area contributed by atoms with Gasteiger partial charge in [-0.15, -0.1) is 0 Å². The van der Waals surface area contributed by atoms with Crippen LogP contribution in [0.4, 0.5) is 4.70 Å². The van der Waals surface area contributed by atoms with Crippen LogP contribution >= 0.6 is 7.82 Å². The molecule has 0 unspecified atom stereocenters. The van der Waals surface area contributed by atoms with E-state index in [1.807, 2.05) is 0 Å². The monoisotopic (exact) mass is 206 g/mol. The van der Waals surface area contributed by atoms with Crippen LogP contribution in [-0.4, -0.2) is 44.2 Å². The van der Waals surface area contributed by atoms with E-state index < -0.39 is 7.82 Å². The molecule has 0 amide bonds. The first-order valence-corrected chi connectivity index (χ1v) is 2.35. The second-order valence-corrected chi connectivity index (χ2v) is 1.54. The number of rotatable bonds is 0. The molecule has 0 radical (unpaired) electrons. The van der Waals surface area contributed by atoms with Crippen molar-refractivity contribution in [1.82, 2.24) is 0 Å². The second kappa shape index (κ2) is 8.66. The summed E-state index contributed by atoms with van der Waals surface area (Å²) >= 11 is 0. The van der Waals surface area contributed by atoms with Gasteiger partial charge in [-0.2, -0.15) is 0 Å². The van der Waals surface area contributed by atoms with Gasteiger partial charge < -0.3 is 14.7 Å². The Kier molecular flexibility index (Phi) is 24.5. The van der Waals surface area contributed by atoms with E-state index in [-0.39, 0.29) is 53.7 Å². The molecule has 0 aromatic rings. The first-order valence-electron chi connectivity index (χ1n) is 0.783. The molecule has 0 fully saturated rings. The van der Waals surface area contributed by atoms with E-state index in [0.717, 1.165) is 0 Å². The van der Waals surface area contributed by atoms with Gasteiger partial charge >= 0.3 is 37.4 Å². The molecule has 8 heteroatoms. The summed E-state index contributed by atoms with van der Waals surface area (Å²) in [5, 5.41) is 0. The smallest absolute Gasteiger partial charge is 0 e. The van der Waals surface area contributed by atoms with Crippen LogP contribution in [0.2, 0.25) is 0 Å². The molecule has 0 aromatic heterocycles. The van der Waals surface area contributed by atoms with Gasteiger partial charge in [0.25, 0.3) is 0 Å². The summed E-state index contributed by atoms with van der Waals surface area (Å²) in [6, 6.07) is 0. The van der Waals surface area contributed by atoms with E-state index in [0.29, 0.717) is 0 Å². The first-order chi connectivity index (χ1) is 2.00. The van der Waals surface area contributed by atoms with Crippen molar-refractivity contribution in [3.8, 4) is 0 Å². The summed E-state index contributed by atoms with van der Waals surface area (Å²) in [7, 11) is -4.64. The van der Waals surface area contributed by atoms with E-state index in [9.17, 15) is 0 Å². The molecule has 0 aliphatic rings. The van der Waals surface area contributed by atoms with Crippen molar-refractivity contribution >= 4 is 37.4 Å². The Labute approximate surface area is 80.3 Å². The largest absolute Gasteiger partial charge is 0 e. The van der Waals surface area contributed by atoms with Gasteiger partial charge in [0.15, 0.2) is 0 Å². The van der Waals surface area contributed by atoms with Crippen LogP contribution in [0.5, 0.6) is 0 Å². The van der Waals surface area contributed by atoms with E-state index in [2.05, 4.69) is 0 Å². The molecule has 44 valence electrons. The molecular formula is H5FNaO4PZn. The minimum atomic E-state index is -4.64. The van der Waals surface area contributed by atoms with Crippen molar-refractivity contribution in [3.05, 3.63) is 0 Å². The molecule has 0 rings (SSSR count). The molecule has 0 atom stereocenters. The van der Waals surface area contributed by atoms with Gasteiger partial charge in [0.1, 0.15) is 0 Å². The van der Waals surface area contributed by atoms with Gasteiger partial charge in [0.05, 0.1) is 0 Å².